The molecular weight excluding hydrogens is 248 g/mol. The van der Waals surface area contributed by atoms with E-state index in [-0.39, 0.29) is 25.0 Å². The number of hydrogen-bond donors (Lipinski definition) is 4. The SMILES string of the molecule is CNCC(=O)NC(C)C(=O)Nc1ccc(CO)nc1. The molecule has 104 valence electrons. The number of aliphatic hydroxyl groups excluding tert-OH is 1. The summed E-state index contributed by atoms with van der Waals surface area (Å²) < 4.78 is 0. The van der Waals surface area contributed by atoms with Crippen molar-refractivity contribution in [1.82, 2.24) is 15.6 Å². The second-order valence-electron chi connectivity index (χ2n) is 4.01. The minimum Gasteiger partial charge on any atom is -0.390 e. The van der Waals surface area contributed by atoms with Crippen molar-refractivity contribution in [3.63, 3.8) is 0 Å². The van der Waals surface area contributed by atoms with Crippen LogP contribution in [0.5, 0.6) is 0 Å². The van der Waals surface area contributed by atoms with Gasteiger partial charge in [0.15, 0.2) is 0 Å². The fourth-order valence-corrected chi connectivity index (χ4v) is 1.36. The van der Waals surface area contributed by atoms with Crippen molar-refractivity contribution >= 4 is 17.5 Å². The first kappa shape index (κ1) is 15.1. The lowest BCUT2D eigenvalue weighted by molar-refractivity contribution is -0.125. The Kier molecular flexibility index (Phi) is 5.91. The molecule has 0 spiro atoms. The van der Waals surface area contributed by atoms with E-state index in [0.29, 0.717) is 11.4 Å². The molecule has 1 aromatic rings. The Morgan fingerprint density at radius 2 is 2.16 bits per heavy atom. The van der Waals surface area contributed by atoms with E-state index in [2.05, 4.69) is 20.9 Å². The number of aliphatic hydroxyl groups is 1. The second-order valence-corrected chi connectivity index (χ2v) is 4.01. The maximum Gasteiger partial charge on any atom is 0.246 e. The molecule has 1 aromatic heterocycles. The molecule has 0 aliphatic rings. The minimum atomic E-state index is -0.640. The van der Waals surface area contributed by atoms with Crippen LogP contribution in [-0.2, 0) is 16.2 Å². The van der Waals surface area contributed by atoms with Gasteiger partial charge in [0.25, 0.3) is 0 Å². The summed E-state index contributed by atoms with van der Waals surface area (Å²) in [5.74, 6) is -0.582. The molecule has 1 heterocycles. The quantitative estimate of drug-likeness (QED) is 0.542. The molecule has 0 fully saturated rings. The van der Waals surface area contributed by atoms with E-state index in [1.165, 1.54) is 6.20 Å². The van der Waals surface area contributed by atoms with Crippen LogP contribution in [0.1, 0.15) is 12.6 Å². The predicted octanol–water partition coefficient (Wildman–Crippen LogP) is -0.763. The van der Waals surface area contributed by atoms with Gasteiger partial charge < -0.3 is 21.1 Å². The van der Waals surface area contributed by atoms with Crippen LogP contribution in [0.3, 0.4) is 0 Å². The zero-order chi connectivity index (χ0) is 14.3. The normalized spacial score (nSPS) is 11.7. The Balaban J connectivity index is 2.51. The summed E-state index contributed by atoms with van der Waals surface area (Å²) in [6, 6.07) is 2.61. The number of amides is 2. The topological polar surface area (TPSA) is 103 Å². The Bertz CT molecular complexity index is 433. The fourth-order valence-electron chi connectivity index (χ4n) is 1.36. The van der Waals surface area contributed by atoms with E-state index < -0.39 is 6.04 Å². The number of pyridine rings is 1. The smallest absolute Gasteiger partial charge is 0.246 e. The van der Waals surface area contributed by atoms with Crippen LogP contribution in [0.2, 0.25) is 0 Å². The molecule has 7 nitrogen and oxygen atoms in total. The molecular formula is C12H18N4O3. The summed E-state index contributed by atoms with van der Waals surface area (Å²) in [6.45, 7) is 1.60. The van der Waals surface area contributed by atoms with Gasteiger partial charge in [0.2, 0.25) is 11.8 Å². The van der Waals surface area contributed by atoms with Crippen molar-refractivity contribution in [1.29, 1.82) is 0 Å². The number of hydrogen-bond acceptors (Lipinski definition) is 5. The summed E-state index contributed by atoms with van der Waals surface area (Å²) in [4.78, 5) is 27.0. The highest BCUT2D eigenvalue weighted by atomic mass is 16.3. The maximum atomic E-state index is 11.8. The molecule has 1 unspecified atom stereocenters. The van der Waals surface area contributed by atoms with Gasteiger partial charge in [-0.2, -0.15) is 0 Å². The summed E-state index contributed by atoms with van der Waals surface area (Å²) in [6.07, 6.45) is 1.45. The Labute approximate surface area is 111 Å². The molecule has 0 bridgehead atoms. The van der Waals surface area contributed by atoms with Crippen LogP contribution < -0.4 is 16.0 Å². The lowest BCUT2D eigenvalue weighted by Gasteiger charge is -2.14. The molecule has 1 rings (SSSR count). The van der Waals surface area contributed by atoms with Gasteiger partial charge >= 0.3 is 0 Å². The number of nitrogens with zero attached hydrogens (tertiary/aromatic N) is 1. The standard InChI is InChI=1S/C12H18N4O3/c1-8(15-11(18)6-13-2)12(19)16-9-3-4-10(7-17)14-5-9/h3-5,8,13,17H,6-7H2,1-2H3,(H,15,18)(H,16,19). The molecule has 1 atom stereocenters. The minimum absolute atomic E-state index is 0.148. The maximum absolute atomic E-state index is 11.8. The van der Waals surface area contributed by atoms with Crippen molar-refractivity contribution in [2.75, 3.05) is 18.9 Å². The first-order valence-electron chi connectivity index (χ1n) is 5.87. The van der Waals surface area contributed by atoms with Gasteiger partial charge in [-0.1, -0.05) is 0 Å². The molecule has 4 N–H and O–H groups in total. The molecule has 19 heavy (non-hydrogen) atoms. The summed E-state index contributed by atoms with van der Waals surface area (Å²) >= 11 is 0. The van der Waals surface area contributed by atoms with Crippen LogP contribution >= 0.6 is 0 Å². The van der Waals surface area contributed by atoms with E-state index in [1.807, 2.05) is 0 Å². The monoisotopic (exact) mass is 266 g/mol. The van der Waals surface area contributed by atoms with Gasteiger partial charge in [-0.05, 0) is 26.1 Å². The third-order valence-corrected chi connectivity index (χ3v) is 2.36. The molecule has 0 saturated heterocycles. The summed E-state index contributed by atoms with van der Waals surface area (Å²) in [5.41, 5.74) is 1.03. The van der Waals surface area contributed by atoms with E-state index in [9.17, 15) is 9.59 Å². The number of carbonyl (C=O) groups is 2. The number of nitrogens with one attached hydrogen (secondary N) is 3. The molecule has 0 saturated carbocycles. The highest BCUT2D eigenvalue weighted by molar-refractivity contribution is 5.96. The van der Waals surface area contributed by atoms with Crippen molar-refractivity contribution in [3.05, 3.63) is 24.0 Å². The van der Waals surface area contributed by atoms with Crippen LogP contribution in [-0.4, -0.2) is 41.5 Å². The zero-order valence-electron chi connectivity index (χ0n) is 10.9. The molecule has 0 aromatic carbocycles. The fraction of sp³-hybridized carbons (Fsp3) is 0.417. The highest BCUT2D eigenvalue weighted by Crippen LogP contribution is 2.06. The third kappa shape index (κ3) is 5.02. The van der Waals surface area contributed by atoms with E-state index >= 15 is 0 Å². The van der Waals surface area contributed by atoms with Crippen molar-refractivity contribution in [2.45, 2.75) is 19.6 Å². The van der Waals surface area contributed by atoms with Gasteiger partial charge in [-0.25, -0.2) is 0 Å². The lowest BCUT2D eigenvalue weighted by Crippen LogP contribution is -2.44. The molecule has 2 amide bonds. The van der Waals surface area contributed by atoms with Gasteiger partial charge in [0, 0.05) is 0 Å². The third-order valence-electron chi connectivity index (χ3n) is 2.36. The number of carbonyl (C=O) groups excluding carboxylic acids is 2. The van der Waals surface area contributed by atoms with Crippen LogP contribution in [0.4, 0.5) is 5.69 Å². The predicted molar refractivity (Wildman–Crippen MR) is 70.3 cm³/mol. The molecule has 0 radical (unpaired) electrons. The van der Waals surface area contributed by atoms with Crippen molar-refractivity contribution < 1.29 is 14.7 Å². The van der Waals surface area contributed by atoms with Crippen molar-refractivity contribution in [3.8, 4) is 0 Å². The van der Waals surface area contributed by atoms with E-state index in [0.717, 1.165) is 0 Å². The average Bonchev–Trinajstić information content (AvgIpc) is 2.39. The number of rotatable bonds is 6. The van der Waals surface area contributed by atoms with Gasteiger partial charge in [0.1, 0.15) is 6.04 Å². The molecule has 7 heteroatoms. The Morgan fingerprint density at radius 3 is 2.68 bits per heavy atom. The Morgan fingerprint density at radius 1 is 1.42 bits per heavy atom. The summed E-state index contributed by atoms with van der Waals surface area (Å²) in [5, 5.41) is 16.7. The van der Waals surface area contributed by atoms with Gasteiger partial charge in [-0.15, -0.1) is 0 Å². The van der Waals surface area contributed by atoms with E-state index in [4.69, 9.17) is 5.11 Å². The summed E-state index contributed by atoms with van der Waals surface area (Å²) in [7, 11) is 1.65. The van der Waals surface area contributed by atoms with Gasteiger partial charge in [0.05, 0.1) is 30.7 Å². The largest absolute Gasteiger partial charge is 0.390 e. The number of likely N-dealkylation sites (N-methyl/N-ethyl adjacent to an activating group) is 1. The number of anilines is 1. The second kappa shape index (κ2) is 7.45. The lowest BCUT2D eigenvalue weighted by atomic mass is 10.3. The average molecular weight is 266 g/mol. The van der Waals surface area contributed by atoms with Crippen LogP contribution in [0, 0.1) is 0 Å². The van der Waals surface area contributed by atoms with Crippen LogP contribution in [0.15, 0.2) is 18.3 Å². The van der Waals surface area contributed by atoms with Crippen molar-refractivity contribution in [2.24, 2.45) is 0 Å². The van der Waals surface area contributed by atoms with Gasteiger partial charge in [-0.3, -0.25) is 14.6 Å². The zero-order valence-corrected chi connectivity index (χ0v) is 10.9. The Hall–Kier alpha value is -1.99. The molecule has 0 aliphatic heterocycles. The first-order chi connectivity index (χ1) is 9.06. The molecule has 0 aliphatic carbocycles. The van der Waals surface area contributed by atoms with E-state index in [1.54, 1.807) is 26.1 Å². The highest BCUT2D eigenvalue weighted by Gasteiger charge is 2.15. The van der Waals surface area contributed by atoms with Crippen LogP contribution in [0.25, 0.3) is 0 Å². The number of aromatic nitrogens is 1. The first-order valence-corrected chi connectivity index (χ1v) is 5.87.